The standard InChI is InChI=1S/C21H23Cl2FN2O/c22-19-3-1-2-17(20(19)23)14-26-12-9-16(10-13-26)21(27)25-11-8-15-4-6-18(24)7-5-15/h1-7,16H,8-14H2,(H,25,27). The van der Waals surface area contributed by atoms with Crippen molar-refractivity contribution >= 4 is 29.1 Å². The Balaban J connectivity index is 1.41. The third kappa shape index (κ3) is 5.68. The molecule has 1 heterocycles. The minimum absolute atomic E-state index is 0.0456. The van der Waals surface area contributed by atoms with Crippen LogP contribution in [0.15, 0.2) is 42.5 Å². The van der Waals surface area contributed by atoms with Crippen LogP contribution in [-0.4, -0.2) is 30.4 Å². The van der Waals surface area contributed by atoms with Crippen molar-refractivity contribution in [1.29, 1.82) is 0 Å². The molecule has 1 N–H and O–H groups in total. The van der Waals surface area contributed by atoms with Crippen LogP contribution in [0.5, 0.6) is 0 Å². The zero-order chi connectivity index (χ0) is 19.2. The van der Waals surface area contributed by atoms with Gasteiger partial charge in [0, 0.05) is 19.0 Å². The first-order valence-corrected chi connectivity index (χ1v) is 9.96. The van der Waals surface area contributed by atoms with Crippen molar-refractivity contribution in [2.24, 2.45) is 5.92 Å². The van der Waals surface area contributed by atoms with Crippen molar-refractivity contribution in [3.63, 3.8) is 0 Å². The number of halogens is 3. The summed E-state index contributed by atoms with van der Waals surface area (Å²) >= 11 is 12.3. The fourth-order valence-electron chi connectivity index (χ4n) is 3.39. The van der Waals surface area contributed by atoms with Gasteiger partial charge in [-0.05, 0) is 61.7 Å². The Bertz CT molecular complexity index is 774. The van der Waals surface area contributed by atoms with Gasteiger partial charge in [0.25, 0.3) is 0 Å². The van der Waals surface area contributed by atoms with Crippen molar-refractivity contribution in [3.8, 4) is 0 Å². The van der Waals surface area contributed by atoms with E-state index in [9.17, 15) is 9.18 Å². The van der Waals surface area contributed by atoms with Crippen LogP contribution in [0.4, 0.5) is 4.39 Å². The van der Waals surface area contributed by atoms with Gasteiger partial charge in [-0.15, -0.1) is 0 Å². The second kappa shape index (κ2) is 9.54. The summed E-state index contributed by atoms with van der Waals surface area (Å²) in [5, 5.41) is 4.19. The molecule has 0 atom stereocenters. The molecule has 0 radical (unpaired) electrons. The molecular formula is C21H23Cl2FN2O. The summed E-state index contributed by atoms with van der Waals surface area (Å²) in [6.07, 6.45) is 2.37. The molecule has 3 rings (SSSR count). The number of hydrogen-bond acceptors (Lipinski definition) is 2. The average molecular weight is 409 g/mol. The molecule has 1 aliphatic rings. The second-order valence-electron chi connectivity index (χ2n) is 6.93. The van der Waals surface area contributed by atoms with Gasteiger partial charge in [0.05, 0.1) is 10.0 Å². The Morgan fingerprint density at radius 2 is 1.81 bits per heavy atom. The molecule has 27 heavy (non-hydrogen) atoms. The number of nitrogens with one attached hydrogen (secondary N) is 1. The van der Waals surface area contributed by atoms with E-state index in [1.54, 1.807) is 18.2 Å². The van der Waals surface area contributed by atoms with E-state index in [4.69, 9.17) is 23.2 Å². The quantitative estimate of drug-likeness (QED) is 0.750. The van der Waals surface area contributed by atoms with Crippen LogP contribution >= 0.6 is 23.2 Å². The first-order chi connectivity index (χ1) is 13.0. The predicted octanol–water partition coefficient (Wildman–Crippen LogP) is 4.70. The van der Waals surface area contributed by atoms with Crippen LogP contribution < -0.4 is 5.32 Å². The third-order valence-electron chi connectivity index (χ3n) is 5.01. The zero-order valence-corrected chi connectivity index (χ0v) is 16.6. The van der Waals surface area contributed by atoms with E-state index in [2.05, 4.69) is 10.2 Å². The van der Waals surface area contributed by atoms with Crippen LogP contribution in [0, 0.1) is 11.7 Å². The zero-order valence-electron chi connectivity index (χ0n) is 15.1. The number of hydrogen-bond donors (Lipinski definition) is 1. The van der Waals surface area contributed by atoms with Gasteiger partial charge in [-0.1, -0.05) is 47.5 Å². The molecule has 1 saturated heterocycles. The largest absolute Gasteiger partial charge is 0.356 e. The minimum Gasteiger partial charge on any atom is -0.356 e. The number of carbonyl (C=O) groups is 1. The van der Waals surface area contributed by atoms with Crippen molar-refractivity contribution in [2.75, 3.05) is 19.6 Å². The van der Waals surface area contributed by atoms with Crippen molar-refractivity contribution in [3.05, 3.63) is 69.5 Å². The summed E-state index contributed by atoms with van der Waals surface area (Å²) in [4.78, 5) is 14.7. The van der Waals surface area contributed by atoms with Crippen LogP contribution in [0.2, 0.25) is 10.0 Å². The van der Waals surface area contributed by atoms with E-state index in [1.165, 1.54) is 12.1 Å². The SMILES string of the molecule is O=C(NCCc1ccc(F)cc1)C1CCN(Cc2cccc(Cl)c2Cl)CC1. The average Bonchev–Trinajstić information content (AvgIpc) is 2.67. The molecule has 2 aromatic rings. The Labute approximate surface area is 169 Å². The number of piperidine rings is 1. The molecule has 0 bridgehead atoms. The molecule has 0 unspecified atom stereocenters. The van der Waals surface area contributed by atoms with Crippen LogP contribution in [-0.2, 0) is 17.8 Å². The summed E-state index contributed by atoms with van der Waals surface area (Å²) in [5.74, 6) is -0.0875. The Hall–Kier alpha value is -1.62. The van der Waals surface area contributed by atoms with E-state index in [-0.39, 0.29) is 17.6 Å². The highest BCUT2D eigenvalue weighted by Gasteiger charge is 2.25. The smallest absolute Gasteiger partial charge is 0.223 e. The molecule has 1 aliphatic heterocycles. The van der Waals surface area contributed by atoms with Crippen LogP contribution in [0.25, 0.3) is 0 Å². The van der Waals surface area contributed by atoms with Gasteiger partial charge >= 0.3 is 0 Å². The molecular weight excluding hydrogens is 386 g/mol. The van der Waals surface area contributed by atoms with E-state index in [0.717, 1.165) is 43.6 Å². The lowest BCUT2D eigenvalue weighted by atomic mass is 9.95. The summed E-state index contributed by atoms with van der Waals surface area (Å²) in [6.45, 7) is 3.04. The lowest BCUT2D eigenvalue weighted by Gasteiger charge is -2.31. The van der Waals surface area contributed by atoms with Gasteiger partial charge < -0.3 is 5.32 Å². The Kier molecular flexibility index (Phi) is 7.11. The predicted molar refractivity (Wildman–Crippen MR) is 108 cm³/mol. The summed E-state index contributed by atoms with van der Waals surface area (Å²) in [7, 11) is 0. The minimum atomic E-state index is -0.242. The maximum atomic E-state index is 12.9. The molecule has 0 saturated carbocycles. The van der Waals surface area contributed by atoms with Gasteiger partial charge in [-0.25, -0.2) is 4.39 Å². The van der Waals surface area contributed by atoms with E-state index < -0.39 is 0 Å². The number of benzene rings is 2. The van der Waals surface area contributed by atoms with Crippen molar-refractivity contribution < 1.29 is 9.18 Å². The first kappa shape index (κ1) is 20.1. The van der Waals surface area contributed by atoms with Crippen LogP contribution in [0.1, 0.15) is 24.0 Å². The lowest BCUT2D eigenvalue weighted by molar-refractivity contribution is -0.126. The van der Waals surface area contributed by atoms with Gasteiger partial charge in [0.1, 0.15) is 5.82 Å². The second-order valence-corrected chi connectivity index (χ2v) is 7.72. The van der Waals surface area contributed by atoms with E-state index >= 15 is 0 Å². The summed E-state index contributed by atoms with van der Waals surface area (Å²) < 4.78 is 12.9. The normalized spacial score (nSPS) is 15.7. The molecule has 144 valence electrons. The number of nitrogens with zero attached hydrogens (tertiary/aromatic N) is 1. The first-order valence-electron chi connectivity index (χ1n) is 9.20. The Morgan fingerprint density at radius 3 is 2.52 bits per heavy atom. The van der Waals surface area contributed by atoms with E-state index in [0.29, 0.717) is 23.0 Å². The number of carbonyl (C=O) groups excluding carboxylic acids is 1. The third-order valence-corrected chi connectivity index (χ3v) is 5.87. The van der Waals surface area contributed by atoms with Gasteiger partial charge in [-0.2, -0.15) is 0 Å². The number of likely N-dealkylation sites (tertiary alicyclic amines) is 1. The highest BCUT2D eigenvalue weighted by molar-refractivity contribution is 6.42. The molecule has 0 aromatic heterocycles. The molecule has 6 heteroatoms. The molecule has 1 fully saturated rings. The fourth-order valence-corrected chi connectivity index (χ4v) is 3.77. The van der Waals surface area contributed by atoms with Crippen molar-refractivity contribution in [1.82, 2.24) is 10.2 Å². The maximum Gasteiger partial charge on any atom is 0.223 e. The number of rotatable bonds is 6. The molecule has 2 aromatic carbocycles. The van der Waals surface area contributed by atoms with Gasteiger partial charge in [-0.3, -0.25) is 9.69 Å². The lowest BCUT2D eigenvalue weighted by Crippen LogP contribution is -2.40. The number of amides is 1. The van der Waals surface area contributed by atoms with Gasteiger partial charge in [0.2, 0.25) is 5.91 Å². The van der Waals surface area contributed by atoms with Crippen molar-refractivity contribution in [2.45, 2.75) is 25.8 Å². The molecule has 1 amide bonds. The van der Waals surface area contributed by atoms with Crippen LogP contribution in [0.3, 0.4) is 0 Å². The summed E-state index contributed by atoms with van der Waals surface area (Å²) in [6, 6.07) is 12.1. The van der Waals surface area contributed by atoms with Gasteiger partial charge in [0.15, 0.2) is 0 Å². The topological polar surface area (TPSA) is 32.3 Å². The molecule has 0 aliphatic carbocycles. The monoisotopic (exact) mass is 408 g/mol. The highest BCUT2D eigenvalue weighted by atomic mass is 35.5. The Morgan fingerprint density at radius 1 is 1.11 bits per heavy atom. The van der Waals surface area contributed by atoms with E-state index in [1.807, 2.05) is 12.1 Å². The summed E-state index contributed by atoms with van der Waals surface area (Å²) in [5.41, 5.74) is 2.04. The molecule has 3 nitrogen and oxygen atoms in total. The highest BCUT2D eigenvalue weighted by Crippen LogP contribution is 2.28. The molecule has 0 spiro atoms. The maximum absolute atomic E-state index is 12.9. The fraction of sp³-hybridized carbons (Fsp3) is 0.381.